The summed E-state index contributed by atoms with van der Waals surface area (Å²) in [5.41, 5.74) is 8.21. The first-order valence-corrected chi connectivity index (χ1v) is 14.0. The maximum absolute atomic E-state index is 14.1. The number of fused-ring (bicyclic) bond motifs is 2. The van der Waals surface area contributed by atoms with Crippen molar-refractivity contribution in [3.63, 3.8) is 0 Å². The van der Waals surface area contributed by atoms with Crippen LogP contribution in [0.15, 0.2) is 42.7 Å². The van der Waals surface area contributed by atoms with E-state index in [0.717, 1.165) is 6.20 Å². The lowest BCUT2D eigenvalue weighted by Crippen LogP contribution is -2.37. The first kappa shape index (κ1) is 27.6. The number of aromatic nitrogens is 4. The summed E-state index contributed by atoms with van der Waals surface area (Å²) in [6.07, 6.45) is -3.36. The second-order valence-corrected chi connectivity index (χ2v) is 10.8. The Morgan fingerprint density at radius 1 is 1.24 bits per heavy atom. The minimum Gasteiger partial charge on any atom is -0.527 e. The van der Waals surface area contributed by atoms with Gasteiger partial charge in [-0.1, -0.05) is 12.1 Å². The Labute approximate surface area is 230 Å². The molecule has 0 spiro atoms. The molecule has 1 aromatic carbocycles. The first-order chi connectivity index (χ1) is 19.5. The summed E-state index contributed by atoms with van der Waals surface area (Å²) in [6.45, 7) is 0.121. The zero-order valence-electron chi connectivity index (χ0n) is 21.2. The number of hydrogen-bond acceptors (Lipinski definition) is 9. The Hall–Kier alpha value is -4.93. The quantitative estimate of drug-likeness (QED) is 0.207. The molecule has 0 saturated heterocycles. The lowest BCUT2D eigenvalue weighted by molar-refractivity contribution is -0.159. The summed E-state index contributed by atoms with van der Waals surface area (Å²) in [5.74, 6) is -0.500. The number of nitrogen functional groups attached to an aromatic ring is 1. The van der Waals surface area contributed by atoms with Gasteiger partial charge in [0.1, 0.15) is 23.0 Å². The summed E-state index contributed by atoms with van der Waals surface area (Å²) < 4.78 is 62.4. The minimum atomic E-state index is -4.66. The third kappa shape index (κ3) is 6.13. The number of carbonyl (C=O) groups excluding carboxylic acids is 2. The number of anilines is 3. The van der Waals surface area contributed by atoms with Gasteiger partial charge in [0.25, 0.3) is 14.9 Å². The van der Waals surface area contributed by atoms with Crippen LogP contribution in [0.2, 0.25) is 6.55 Å². The molecule has 2 bridgehead atoms. The van der Waals surface area contributed by atoms with Crippen LogP contribution in [-0.4, -0.2) is 59.6 Å². The number of nitrogens with two attached hydrogens (primary N) is 1. The largest absolute Gasteiger partial charge is 0.527 e. The smallest absolute Gasteiger partial charge is 0.422 e. The molecule has 213 valence electrons. The van der Waals surface area contributed by atoms with Gasteiger partial charge < -0.3 is 25.5 Å². The van der Waals surface area contributed by atoms with E-state index in [9.17, 15) is 27.2 Å². The number of rotatable bonds is 3. The van der Waals surface area contributed by atoms with Gasteiger partial charge in [-0.2, -0.15) is 22.8 Å². The van der Waals surface area contributed by atoms with Crippen molar-refractivity contribution in [1.82, 2.24) is 24.9 Å². The van der Waals surface area contributed by atoms with Crippen LogP contribution >= 0.6 is 0 Å². The molecule has 17 heteroatoms. The highest BCUT2D eigenvalue weighted by atomic mass is 28.3. The maximum atomic E-state index is 14.1. The molecule has 4 aromatic rings. The molecule has 5 rings (SSSR count). The Bertz CT molecular complexity index is 1630. The number of benzene rings is 1. The van der Waals surface area contributed by atoms with E-state index < -0.39 is 39.6 Å². The van der Waals surface area contributed by atoms with Gasteiger partial charge in [-0.05, 0) is 30.3 Å². The lowest BCUT2D eigenvalue weighted by atomic mass is 10.1. The predicted molar refractivity (Wildman–Crippen MR) is 140 cm³/mol. The van der Waals surface area contributed by atoms with Gasteiger partial charge in [0.05, 0.1) is 18.0 Å². The topological polar surface area (TPSA) is 158 Å². The van der Waals surface area contributed by atoms with Crippen molar-refractivity contribution >= 4 is 44.0 Å². The van der Waals surface area contributed by atoms with E-state index in [4.69, 9.17) is 10.2 Å². The molecular formula is C24H21F4N8O4Si. The lowest BCUT2D eigenvalue weighted by Gasteiger charge is -2.17. The molecule has 0 aliphatic carbocycles. The number of nitrogens with zero attached hydrogens (tertiary/aromatic N) is 4. The fraction of sp³-hybridized carbons (Fsp3) is 0.208. The number of carbonyl (C=O) groups is 2. The SMILES string of the molecule is C[Si]1CNC(=O)c2cnn3c(N)c(-c4ccc(NC(=O)OCC(F)(F)F)cc4)c(nc23)NCc2cc(F)cnc2O1. The fourth-order valence-corrected chi connectivity index (χ4v) is 4.97. The highest BCUT2D eigenvalue weighted by Crippen LogP contribution is 2.35. The van der Waals surface area contributed by atoms with E-state index in [1.54, 1.807) is 12.1 Å². The Morgan fingerprint density at radius 2 is 2.00 bits per heavy atom. The van der Waals surface area contributed by atoms with Crippen LogP contribution in [0, 0.1) is 5.82 Å². The van der Waals surface area contributed by atoms with Gasteiger partial charge in [-0.3, -0.25) is 10.1 Å². The van der Waals surface area contributed by atoms with Gasteiger partial charge in [0.2, 0.25) is 5.88 Å². The summed E-state index contributed by atoms with van der Waals surface area (Å²) >= 11 is 0. The third-order valence-corrected chi connectivity index (χ3v) is 7.04. The molecule has 1 radical (unpaired) electrons. The van der Waals surface area contributed by atoms with E-state index in [1.807, 2.05) is 6.55 Å². The van der Waals surface area contributed by atoms with Crippen LogP contribution in [0.3, 0.4) is 0 Å². The van der Waals surface area contributed by atoms with Crippen molar-refractivity contribution in [2.24, 2.45) is 0 Å². The zero-order chi connectivity index (χ0) is 29.3. The van der Waals surface area contributed by atoms with Gasteiger partial charge >= 0.3 is 12.3 Å². The first-order valence-electron chi connectivity index (χ1n) is 11.9. The molecular weight excluding hydrogens is 568 g/mol. The zero-order valence-corrected chi connectivity index (χ0v) is 22.2. The number of nitrogens with one attached hydrogen (secondary N) is 3. The normalized spacial score (nSPS) is 14.1. The highest BCUT2D eigenvalue weighted by molar-refractivity contribution is 6.51. The van der Waals surface area contributed by atoms with Crippen molar-refractivity contribution in [3.8, 4) is 17.0 Å². The third-order valence-electron chi connectivity index (χ3n) is 5.82. The van der Waals surface area contributed by atoms with E-state index >= 15 is 0 Å². The highest BCUT2D eigenvalue weighted by Gasteiger charge is 2.29. The summed E-state index contributed by atoms with van der Waals surface area (Å²) in [6, 6.07) is 7.20. The molecule has 4 heterocycles. The van der Waals surface area contributed by atoms with Crippen molar-refractivity contribution in [1.29, 1.82) is 0 Å². The maximum Gasteiger partial charge on any atom is 0.422 e. The van der Waals surface area contributed by atoms with Crippen molar-refractivity contribution in [2.75, 3.05) is 29.1 Å². The predicted octanol–water partition coefficient (Wildman–Crippen LogP) is 3.52. The van der Waals surface area contributed by atoms with Gasteiger partial charge in [-0.25, -0.2) is 19.2 Å². The van der Waals surface area contributed by atoms with Crippen molar-refractivity contribution in [2.45, 2.75) is 19.3 Å². The second-order valence-electron chi connectivity index (χ2n) is 8.87. The van der Waals surface area contributed by atoms with Crippen LogP contribution in [0.1, 0.15) is 15.9 Å². The Morgan fingerprint density at radius 3 is 2.73 bits per heavy atom. The van der Waals surface area contributed by atoms with Gasteiger partial charge in [0, 0.05) is 24.0 Å². The molecule has 0 unspecified atom stereocenters. The molecule has 0 saturated carbocycles. The molecule has 41 heavy (non-hydrogen) atoms. The molecule has 0 fully saturated rings. The summed E-state index contributed by atoms with van der Waals surface area (Å²) in [4.78, 5) is 33.3. The van der Waals surface area contributed by atoms with E-state index in [0.29, 0.717) is 16.7 Å². The number of amides is 2. The van der Waals surface area contributed by atoms with Crippen molar-refractivity contribution < 1.29 is 36.3 Å². The number of ether oxygens (including phenoxy) is 1. The van der Waals surface area contributed by atoms with Crippen LogP contribution < -0.4 is 26.1 Å². The number of pyridine rings is 1. The summed E-state index contributed by atoms with van der Waals surface area (Å²) in [5, 5.41) is 12.3. The Kier molecular flexibility index (Phi) is 7.35. The molecule has 2 amide bonds. The van der Waals surface area contributed by atoms with Crippen LogP contribution in [0.5, 0.6) is 5.88 Å². The van der Waals surface area contributed by atoms with Crippen LogP contribution in [0.4, 0.5) is 39.7 Å². The van der Waals surface area contributed by atoms with Gasteiger partial charge in [-0.15, -0.1) is 0 Å². The van der Waals surface area contributed by atoms with E-state index in [1.165, 1.54) is 28.9 Å². The monoisotopic (exact) mass is 589 g/mol. The molecule has 5 N–H and O–H groups in total. The summed E-state index contributed by atoms with van der Waals surface area (Å²) in [7, 11) is -1.61. The molecule has 3 aromatic heterocycles. The average molecular weight is 590 g/mol. The fourth-order valence-electron chi connectivity index (χ4n) is 3.98. The average Bonchev–Trinajstić information content (AvgIpc) is 3.35. The van der Waals surface area contributed by atoms with Crippen molar-refractivity contribution in [3.05, 3.63) is 59.7 Å². The minimum absolute atomic E-state index is 0.0282. The molecule has 0 atom stereocenters. The van der Waals surface area contributed by atoms with E-state index in [2.05, 4.69) is 35.8 Å². The van der Waals surface area contributed by atoms with Crippen LogP contribution in [-0.2, 0) is 11.3 Å². The van der Waals surface area contributed by atoms with E-state index in [-0.39, 0.29) is 47.1 Å². The Balaban J connectivity index is 1.53. The number of halogens is 4. The molecule has 1 aliphatic rings. The van der Waals surface area contributed by atoms with Gasteiger partial charge in [0.15, 0.2) is 12.3 Å². The number of alkyl halides is 3. The second kappa shape index (κ2) is 10.9. The molecule has 12 nitrogen and oxygen atoms in total. The standard InChI is InChI=1S/C24H21F4N8O4Si/c1-41-11-32-21(37)16-9-33-36-18(29)17(12-2-4-15(5-3-12)34-23(38)39-10-24(26,27)28)19(35-20(16)36)30-7-13-6-14(25)8-31-22(13)40-41/h2-6,8-9H,7,10-11,29H2,1H3,(H,30,35)(H,32,37)(H,34,38). The number of hydrogen-bond donors (Lipinski definition) is 4. The molecule has 1 aliphatic heterocycles. The van der Waals surface area contributed by atoms with Crippen LogP contribution in [0.25, 0.3) is 16.8 Å².